The first-order valence-corrected chi connectivity index (χ1v) is 10.4. The molecular weight excluding hydrogens is 408 g/mol. The van der Waals surface area contributed by atoms with Crippen LogP contribution in [0.25, 0.3) is 0 Å². The second-order valence-electron chi connectivity index (χ2n) is 7.44. The van der Waals surface area contributed by atoms with Crippen molar-refractivity contribution in [2.24, 2.45) is 23.1 Å². The zero-order valence-corrected chi connectivity index (χ0v) is 18.2. The van der Waals surface area contributed by atoms with Crippen LogP contribution in [0.5, 0.6) is 0 Å². The van der Waals surface area contributed by atoms with Crippen molar-refractivity contribution in [3.05, 3.63) is 0 Å². The van der Waals surface area contributed by atoms with Crippen LogP contribution >= 0.6 is 0 Å². The van der Waals surface area contributed by atoms with Crippen LogP contribution in [0.15, 0.2) is 0 Å². The van der Waals surface area contributed by atoms with Crippen LogP contribution in [0, 0.1) is 5.92 Å². The van der Waals surface area contributed by atoms with Gasteiger partial charge in [0.2, 0.25) is 23.6 Å². The highest BCUT2D eigenvalue weighted by molar-refractivity contribution is 5.92. The lowest BCUT2D eigenvalue weighted by Crippen LogP contribution is -2.54. The minimum Gasteiger partial charge on any atom is -0.480 e. The van der Waals surface area contributed by atoms with E-state index in [1.54, 1.807) is 6.92 Å². The van der Waals surface area contributed by atoms with E-state index in [1.165, 1.54) is 0 Å². The average Bonchev–Trinajstić information content (AvgIpc) is 2.72. The molecule has 0 spiro atoms. The molecule has 4 unspecified atom stereocenters. The van der Waals surface area contributed by atoms with E-state index in [0.717, 1.165) is 0 Å². The Balaban J connectivity index is 4.97. The largest absolute Gasteiger partial charge is 0.480 e. The fourth-order valence-corrected chi connectivity index (χ4v) is 2.62. The average molecular weight is 445 g/mol. The van der Waals surface area contributed by atoms with E-state index in [0.29, 0.717) is 25.8 Å². The summed E-state index contributed by atoms with van der Waals surface area (Å²) in [6.45, 7) is 3.65. The van der Waals surface area contributed by atoms with Crippen LogP contribution in [0.4, 0.5) is 0 Å². The molecule has 12 heteroatoms. The smallest absolute Gasteiger partial charge is 0.326 e. The van der Waals surface area contributed by atoms with Gasteiger partial charge in [0.25, 0.3) is 0 Å². The zero-order valence-electron chi connectivity index (χ0n) is 18.2. The van der Waals surface area contributed by atoms with Crippen LogP contribution < -0.4 is 33.2 Å². The molecule has 0 aliphatic rings. The first-order valence-electron chi connectivity index (χ1n) is 10.4. The Morgan fingerprint density at radius 1 is 0.968 bits per heavy atom. The second kappa shape index (κ2) is 15.1. The number of nitrogens with two attached hydrogens (primary N) is 3. The molecule has 0 heterocycles. The van der Waals surface area contributed by atoms with Crippen LogP contribution in [0.1, 0.15) is 52.4 Å². The normalized spacial score (nSPS) is 14.6. The third-order valence-corrected chi connectivity index (χ3v) is 4.88. The fourth-order valence-electron chi connectivity index (χ4n) is 2.62. The number of unbranched alkanes of at least 4 members (excludes halogenated alkanes) is 1. The predicted octanol–water partition coefficient (Wildman–Crippen LogP) is -2.08. The molecule has 31 heavy (non-hydrogen) atoms. The topological polar surface area (TPSA) is 220 Å². The molecule has 4 atom stereocenters. The summed E-state index contributed by atoms with van der Waals surface area (Å²) in [5, 5.41) is 16.4. The highest BCUT2D eigenvalue weighted by Gasteiger charge is 2.27. The Morgan fingerprint density at radius 3 is 2.13 bits per heavy atom. The number of rotatable bonds is 16. The molecule has 0 aliphatic heterocycles. The van der Waals surface area contributed by atoms with Gasteiger partial charge in [-0.25, -0.2) is 4.79 Å². The van der Waals surface area contributed by atoms with E-state index in [4.69, 9.17) is 17.2 Å². The summed E-state index contributed by atoms with van der Waals surface area (Å²) in [4.78, 5) is 59.2. The van der Waals surface area contributed by atoms with Crippen molar-refractivity contribution in [2.45, 2.75) is 70.5 Å². The molecule has 0 saturated heterocycles. The molecule has 0 bridgehead atoms. The maximum Gasteiger partial charge on any atom is 0.326 e. The van der Waals surface area contributed by atoms with Crippen molar-refractivity contribution in [2.75, 3.05) is 13.1 Å². The number of aliphatic carboxylic acids is 1. The minimum absolute atomic E-state index is 0.0793. The van der Waals surface area contributed by atoms with Crippen LogP contribution in [0.3, 0.4) is 0 Å². The van der Waals surface area contributed by atoms with Gasteiger partial charge in [0.1, 0.15) is 12.1 Å². The van der Waals surface area contributed by atoms with Gasteiger partial charge >= 0.3 is 5.97 Å². The molecule has 0 aliphatic carbocycles. The van der Waals surface area contributed by atoms with E-state index >= 15 is 0 Å². The summed E-state index contributed by atoms with van der Waals surface area (Å²) in [6.07, 6.45) is 1.62. The number of primary amides is 1. The molecule has 178 valence electrons. The zero-order chi connectivity index (χ0) is 24.0. The Bertz CT molecular complexity index is 629. The van der Waals surface area contributed by atoms with Crippen molar-refractivity contribution < 1.29 is 29.1 Å². The third kappa shape index (κ3) is 11.9. The van der Waals surface area contributed by atoms with E-state index in [-0.39, 0.29) is 25.2 Å². The third-order valence-electron chi connectivity index (χ3n) is 4.88. The first kappa shape index (κ1) is 28.3. The summed E-state index contributed by atoms with van der Waals surface area (Å²) in [7, 11) is 0. The maximum absolute atomic E-state index is 12.5. The number of carboxylic acid groups (broad SMARTS) is 1. The summed E-state index contributed by atoms with van der Waals surface area (Å²) in [5.74, 6) is -3.95. The SMILES string of the molecule is CCC(C)C(N)C(=O)NCC(=O)NC(CCC(N)=O)C(=O)NC(CCCCN)C(=O)O. The molecule has 0 aromatic carbocycles. The van der Waals surface area contributed by atoms with Crippen molar-refractivity contribution in [1.29, 1.82) is 0 Å². The van der Waals surface area contributed by atoms with Crippen molar-refractivity contribution in [3.63, 3.8) is 0 Å². The van der Waals surface area contributed by atoms with Gasteiger partial charge in [-0.1, -0.05) is 20.3 Å². The number of nitrogens with one attached hydrogen (secondary N) is 3. The lowest BCUT2D eigenvalue weighted by Gasteiger charge is -2.22. The van der Waals surface area contributed by atoms with E-state index < -0.39 is 54.3 Å². The fraction of sp³-hybridized carbons (Fsp3) is 0.737. The Kier molecular flexibility index (Phi) is 13.8. The summed E-state index contributed by atoms with van der Waals surface area (Å²) in [5.41, 5.74) is 16.3. The predicted molar refractivity (Wildman–Crippen MR) is 113 cm³/mol. The van der Waals surface area contributed by atoms with Gasteiger partial charge in [-0.05, 0) is 38.1 Å². The Morgan fingerprint density at radius 2 is 1.61 bits per heavy atom. The Hall–Kier alpha value is -2.73. The molecule has 0 aromatic heterocycles. The number of carbonyl (C=O) groups is 5. The molecule has 0 saturated carbocycles. The van der Waals surface area contributed by atoms with Gasteiger partial charge in [0.15, 0.2) is 0 Å². The van der Waals surface area contributed by atoms with Gasteiger partial charge in [-0.2, -0.15) is 0 Å². The lowest BCUT2D eigenvalue weighted by atomic mass is 9.99. The second-order valence-corrected chi connectivity index (χ2v) is 7.44. The monoisotopic (exact) mass is 444 g/mol. The van der Waals surface area contributed by atoms with E-state index in [1.807, 2.05) is 6.92 Å². The van der Waals surface area contributed by atoms with Crippen LogP contribution in [0.2, 0.25) is 0 Å². The van der Waals surface area contributed by atoms with Gasteiger partial charge < -0.3 is 38.3 Å². The number of carbonyl (C=O) groups excluding carboxylic acids is 4. The summed E-state index contributed by atoms with van der Waals surface area (Å²) >= 11 is 0. The highest BCUT2D eigenvalue weighted by Crippen LogP contribution is 2.05. The first-order chi connectivity index (χ1) is 14.5. The molecule has 10 N–H and O–H groups in total. The number of hydrogen-bond acceptors (Lipinski definition) is 7. The van der Waals surface area contributed by atoms with Crippen molar-refractivity contribution in [1.82, 2.24) is 16.0 Å². The number of amides is 4. The molecule has 0 fully saturated rings. The van der Waals surface area contributed by atoms with E-state index in [2.05, 4.69) is 16.0 Å². The minimum atomic E-state index is -1.23. The van der Waals surface area contributed by atoms with Gasteiger partial charge in [-0.15, -0.1) is 0 Å². The standard InChI is InChI=1S/C19H36N6O6/c1-3-11(2)16(22)18(29)23-10-15(27)24-12(7-8-14(21)26)17(28)25-13(19(30)31)6-4-5-9-20/h11-13,16H,3-10,20,22H2,1-2H3,(H2,21,26)(H,23,29)(H,24,27)(H,25,28)(H,30,31). The van der Waals surface area contributed by atoms with Crippen LogP contribution in [-0.2, 0) is 24.0 Å². The summed E-state index contributed by atoms with van der Waals surface area (Å²) in [6, 6.07) is -3.15. The molecule has 0 radical (unpaired) electrons. The van der Waals surface area contributed by atoms with Gasteiger partial charge in [0, 0.05) is 6.42 Å². The van der Waals surface area contributed by atoms with E-state index in [9.17, 15) is 29.1 Å². The van der Waals surface area contributed by atoms with Gasteiger partial charge in [-0.3, -0.25) is 19.2 Å². The molecule has 0 aromatic rings. The van der Waals surface area contributed by atoms with Gasteiger partial charge in [0.05, 0.1) is 12.6 Å². The molecular formula is C19H36N6O6. The maximum atomic E-state index is 12.5. The Labute approximate surface area is 182 Å². The number of carboxylic acids is 1. The molecule has 0 rings (SSSR count). The molecule has 4 amide bonds. The highest BCUT2D eigenvalue weighted by atomic mass is 16.4. The van der Waals surface area contributed by atoms with Crippen molar-refractivity contribution in [3.8, 4) is 0 Å². The number of hydrogen-bond donors (Lipinski definition) is 7. The van der Waals surface area contributed by atoms with Crippen LogP contribution in [-0.4, -0.2) is 65.9 Å². The lowest BCUT2D eigenvalue weighted by molar-refractivity contribution is -0.142. The molecule has 12 nitrogen and oxygen atoms in total. The quantitative estimate of drug-likeness (QED) is 0.131. The summed E-state index contributed by atoms with van der Waals surface area (Å²) < 4.78 is 0. The van der Waals surface area contributed by atoms with Crippen molar-refractivity contribution >= 4 is 29.6 Å².